The summed E-state index contributed by atoms with van der Waals surface area (Å²) >= 11 is 18.6. The number of aryl methyl sites for hydroxylation is 2. The number of aliphatic carboxylic acids is 1. The van der Waals surface area contributed by atoms with E-state index in [1.807, 2.05) is 24.0 Å². The molecular weight excluding hydrogens is 719 g/mol. The van der Waals surface area contributed by atoms with E-state index in [1.54, 1.807) is 24.4 Å². The van der Waals surface area contributed by atoms with Gasteiger partial charge in [-0.15, -0.1) is 0 Å². The van der Waals surface area contributed by atoms with Crippen molar-refractivity contribution < 1.29 is 14.7 Å². The fourth-order valence-electron chi connectivity index (χ4n) is 5.08. The molecule has 4 aromatic rings. The molecular formula is C32H30Br2Cl2N4O3. The van der Waals surface area contributed by atoms with Crippen molar-refractivity contribution in [2.45, 2.75) is 39.5 Å². The highest BCUT2D eigenvalue weighted by Gasteiger charge is 2.27. The predicted octanol–water partition coefficient (Wildman–Crippen LogP) is 8.03. The molecule has 0 aliphatic carbocycles. The molecule has 7 nitrogen and oxygen atoms in total. The van der Waals surface area contributed by atoms with E-state index >= 15 is 0 Å². The van der Waals surface area contributed by atoms with Crippen LogP contribution in [0.3, 0.4) is 0 Å². The number of nitrogens with one attached hydrogen (secondary N) is 1. The van der Waals surface area contributed by atoms with Crippen molar-refractivity contribution in [2.24, 2.45) is 0 Å². The van der Waals surface area contributed by atoms with Crippen molar-refractivity contribution in [1.29, 1.82) is 0 Å². The van der Waals surface area contributed by atoms with Gasteiger partial charge in [-0.25, -0.2) is 9.97 Å². The highest BCUT2D eigenvalue weighted by Crippen LogP contribution is 2.35. The van der Waals surface area contributed by atoms with Crippen LogP contribution < -0.4 is 10.2 Å². The van der Waals surface area contributed by atoms with Crippen molar-refractivity contribution in [1.82, 2.24) is 9.97 Å². The van der Waals surface area contributed by atoms with Crippen LogP contribution in [0.5, 0.6) is 0 Å². The van der Waals surface area contributed by atoms with Gasteiger partial charge in [0, 0.05) is 51.4 Å². The number of pyridine rings is 2. The first kappa shape index (κ1) is 32.9. The number of aromatic nitrogens is 2. The normalized spacial score (nSPS) is 12.7. The van der Waals surface area contributed by atoms with Crippen LogP contribution >= 0.6 is 55.1 Å². The third-order valence-electron chi connectivity index (χ3n) is 6.95. The minimum atomic E-state index is -0.903. The number of amides is 1. The average Bonchev–Trinajstić information content (AvgIpc) is 3.59. The Labute approximate surface area is 277 Å². The molecule has 2 aromatic heterocycles. The summed E-state index contributed by atoms with van der Waals surface area (Å²) < 4.78 is 2.25. The minimum absolute atomic E-state index is 0.0640. The number of carboxylic acid groups (broad SMARTS) is 1. The number of carboxylic acids is 1. The Balaban J connectivity index is 0.000000162. The van der Waals surface area contributed by atoms with Crippen LogP contribution in [0, 0.1) is 13.8 Å². The van der Waals surface area contributed by atoms with Gasteiger partial charge in [-0.3, -0.25) is 9.59 Å². The quantitative estimate of drug-likeness (QED) is 0.205. The lowest BCUT2D eigenvalue weighted by molar-refractivity contribution is -0.136. The Hall–Kier alpha value is -2.98. The first-order chi connectivity index (χ1) is 20.5. The van der Waals surface area contributed by atoms with Crippen molar-refractivity contribution >= 4 is 78.3 Å². The fourth-order valence-corrected chi connectivity index (χ4v) is 6.70. The molecule has 0 unspecified atom stereocenters. The van der Waals surface area contributed by atoms with Crippen molar-refractivity contribution in [3.63, 3.8) is 0 Å². The Morgan fingerprint density at radius 2 is 1.47 bits per heavy atom. The molecule has 2 N–H and O–H groups in total. The van der Waals surface area contributed by atoms with Gasteiger partial charge in [-0.05, 0) is 90.9 Å². The number of nitrogens with zero attached hydrogens (tertiary/aromatic N) is 3. The van der Waals surface area contributed by atoms with Gasteiger partial charge in [-0.2, -0.15) is 0 Å². The number of benzene rings is 2. The van der Waals surface area contributed by atoms with Gasteiger partial charge in [0.05, 0.1) is 12.8 Å². The minimum Gasteiger partial charge on any atom is -0.481 e. The molecule has 0 saturated heterocycles. The van der Waals surface area contributed by atoms with Gasteiger partial charge in [0.15, 0.2) is 0 Å². The number of hydrogen-bond acceptors (Lipinski definition) is 5. The van der Waals surface area contributed by atoms with E-state index in [0.29, 0.717) is 10.7 Å². The van der Waals surface area contributed by atoms with Gasteiger partial charge in [0.1, 0.15) is 10.3 Å². The molecule has 224 valence electrons. The van der Waals surface area contributed by atoms with Crippen LogP contribution in [0.15, 0.2) is 69.9 Å². The molecule has 1 amide bonds. The Morgan fingerprint density at radius 1 is 0.884 bits per heavy atom. The van der Waals surface area contributed by atoms with E-state index < -0.39 is 5.97 Å². The lowest BCUT2D eigenvalue weighted by Crippen LogP contribution is -2.31. The van der Waals surface area contributed by atoms with Crippen LogP contribution in [0.1, 0.15) is 33.4 Å². The summed E-state index contributed by atoms with van der Waals surface area (Å²) in [6.45, 7) is 5.99. The summed E-state index contributed by atoms with van der Waals surface area (Å²) in [5.74, 6) is -0.839. The van der Waals surface area contributed by atoms with Gasteiger partial charge in [0.2, 0.25) is 5.91 Å². The molecule has 0 atom stereocenters. The average molecular weight is 749 g/mol. The second-order valence-corrected chi connectivity index (χ2v) is 12.7. The molecule has 6 rings (SSSR count). The van der Waals surface area contributed by atoms with Crippen molar-refractivity contribution in [3.05, 3.63) is 114 Å². The summed E-state index contributed by atoms with van der Waals surface area (Å²) in [6, 6.07) is 15.4. The molecule has 11 heteroatoms. The molecule has 4 heterocycles. The van der Waals surface area contributed by atoms with Gasteiger partial charge in [-0.1, -0.05) is 67.2 Å². The van der Waals surface area contributed by atoms with Gasteiger partial charge in [0.25, 0.3) is 0 Å². The topological polar surface area (TPSA) is 95.4 Å². The first-order valence-corrected chi connectivity index (χ1v) is 15.9. The second-order valence-electron chi connectivity index (χ2n) is 10.1. The molecule has 0 radical (unpaired) electrons. The number of hydrogen-bond donors (Lipinski definition) is 2. The maximum Gasteiger partial charge on any atom is 0.307 e. The number of carbonyl (C=O) groups is 2. The van der Waals surface area contributed by atoms with E-state index in [1.165, 1.54) is 33.0 Å². The second kappa shape index (κ2) is 15.1. The van der Waals surface area contributed by atoms with Crippen LogP contribution in [-0.4, -0.2) is 40.0 Å². The highest BCUT2D eigenvalue weighted by atomic mass is 79.9. The number of anilines is 2. The van der Waals surface area contributed by atoms with E-state index in [0.717, 1.165) is 47.2 Å². The standard InChI is InChI=1S/C16H14BrClN2O.C9H10BrN.C7H6ClNO2/c1-10-7-13(17)8-11-4-6-20(15(10)11)14(21)9-12-3-2-5-19-16(12)18;1-6-4-8(10)5-7-2-3-11-9(6)7;8-7-5(4-6(10)11)2-1-3-9-7/h2-3,5,7-8H,4,6,9H2,1H3;4-5,11H,2-3H2,1H3;1-3H,4H2,(H,10,11). The smallest absolute Gasteiger partial charge is 0.307 e. The zero-order chi connectivity index (χ0) is 31.1. The van der Waals surface area contributed by atoms with Crippen LogP contribution in [-0.2, 0) is 35.3 Å². The highest BCUT2D eigenvalue weighted by molar-refractivity contribution is 9.10. The molecule has 2 aliphatic heterocycles. The first-order valence-electron chi connectivity index (χ1n) is 13.6. The summed E-state index contributed by atoms with van der Waals surface area (Å²) in [4.78, 5) is 32.4. The van der Waals surface area contributed by atoms with E-state index in [9.17, 15) is 9.59 Å². The third-order valence-corrected chi connectivity index (χ3v) is 8.55. The summed E-state index contributed by atoms with van der Waals surface area (Å²) in [6.07, 6.45) is 5.41. The molecule has 0 saturated carbocycles. The number of halogens is 4. The summed E-state index contributed by atoms with van der Waals surface area (Å²) in [5, 5.41) is 12.4. The zero-order valence-corrected chi connectivity index (χ0v) is 28.3. The van der Waals surface area contributed by atoms with Crippen molar-refractivity contribution in [2.75, 3.05) is 23.3 Å². The Morgan fingerprint density at radius 3 is 2.07 bits per heavy atom. The largest absolute Gasteiger partial charge is 0.481 e. The van der Waals surface area contributed by atoms with E-state index in [2.05, 4.69) is 72.3 Å². The third kappa shape index (κ3) is 8.79. The maximum atomic E-state index is 12.6. The zero-order valence-electron chi connectivity index (χ0n) is 23.6. The van der Waals surface area contributed by atoms with Crippen LogP contribution in [0.25, 0.3) is 0 Å². The van der Waals surface area contributed by atoms with E-state index in [-0.39, 0.29) is 23.9 Å². The Kier molecular flexibility index (Phi) is 11.6. The predicted molar refractivity (Wildman–Crippen MR) is 180 cm³/mol. The van der Waals surface area contributed by atoms with E-state index in [4.69, 9.17) is 28.3 Å². The van der Waals surface area contributed by atoms with Gasteiger partial charge < -0.3 is 15.3 Å². The molecule has 0 spiro atoms. The van der Waals surface area contributed by atoms with Crippen LogP contribution in [0.4, 0.5) is 11.4 Å². The van der Waals surface area contributed by atoms with Gasteiger partial charge >= 0.3 is 5.97 Å². The monoisotopic (exact) mass is 746 g/mol. The SMILES string of the molecule is Cc1cc(Br)cc2c1N(C(=O)Cc1cccnc1Cl)CC2.Cc1cc(Br)cc2c1NCC2.O=C(O)Cc1cccnc1Cl. The summed E-state index contributed by atoms with van der Waals surface area (Å²) in [5.41, 5.74) is 8.81. The maximum absolute atomic E-state index is 12.6. The fraction of sp³-hybridized carbons (Fsp3) is 0.250. The molecule has 43 heavy (non-hydrogen) atoms. The lowest BCUT2D eigenvalue weighted by atomic mass is 10.1. The lowest BCUT2D eigenvalue weighted by Gasteiger charge is -2.19. The molecule has 0 bridgehead atoms. The number of rotatable bonds is 4. The summed E-state index contributed by atoms with van der Waals surface area (Å²) in [7, 11) is 0. The molecule has 2 aromatic carbocycles. The number of carbonyl (C=O) groups excluding carboxylic acids is 1. The van der Waals surface area contributed by atoms with Crippen molar-refractivity contribution in [3.8, 4) is 0 Å². The number of fused-ring (bicyclic) bond motifs is 2. The van der Waals surface area contributed by atoms with Crippen LogP contribution in [0.2, 0.25) is 10.3 Å². The molecule has 2 aliphatic rings. The Bertz CT molecular complexity index is 1650. The molecule has 0 fully saturated rings.